The van der Waals surface area contributed by atoms with Crippen LogP contribution in [0.15, 0.2) is 0 Å². The number of hydrogen-bond acceptors (Lipinski definition) is 5. The fraction of sp³-hybridized carbons (Fsp3) is 1.00. The van der Waals surface area contributed by atoms with Crippen LogP contribution in [0.2, 0.25) is 0 Å². The van der Waals surface area contributed by atoms with E-state index < -0.39 is 12.2 Å². The highest BCUT2D eigenvalue weighted by atomic mass is 16.5. The fourth-order valence-corrected chi connectivity index (χ4v) is 3.29. The van der Waals surface area contributed by atoms with Crippen molar-refractivity contribution in [2.45, 2.75) is 104 Å². The molecule has 5 heteroatoms. The van der Waals surface area contributed by atoms with Gasteiger partial charge in [0.2, 0.25) is 0 Å². The minimum Gasteiger partial charge on any atom is -0.394 e. The second-order valence-electron chi connectivity index (χ2n) is 7.88. The Bertz CT molecular complexity index is 313. The third-order valence-corrected chi connectivity index (χ3v) is 5.44. The lowest BCUT2D eigenvalue weighted by atomic mass is 9.91. The molecule has 0 aromatic heterocycles. The van der Waals surface area contributed by atoms with Crippen molar-refractivity contribution in [3.63, 3.8) is 0 Å². The summed E-state index contributed by atoms with van der Waals surface area (Å²) in [7, 11) is 0. The van der Waals surface area contributed by atoms with E-state index in [9.17, 15) is 10.2 Å². The molecule has 5 atom stereocenters. The van der Waals surface area contributed by atoms with Crippen molar-refractivity contribution in [1.82, 2.24) is 0 Å². The molecule has 0 heterocycles. The van der Waals surface area contributed by atoms with Crippen molar-refractivity contribution >= 4 is 0 Å². The first-order valence-electron chi connectivity index (χ1n) is 11.2. The van der Waals surface area contributed by atoms with Gasteiger partial charge in [-0.25, -0.2) is 0 Å². The molecule has 0 saturated carbocycles. The summed E-state index contributed by atoms with van der Waals surface area (Å²) in [6.45, 7) is 9.37. The lowest BCUT2D eigenvalue weighted by Crippen LogP contribution is -2.37. The van der Waals surface area contributed by atoms with Gasteiger partial charge in [0, 0.05) is 6.61 Å². The molecule has 3 N–H and O–H groups in total. The average Bonchev–Trinajstić information content (AvgIpc) is 2.69. The summed E-state index contributed by atoms with van der Waals surface area (Å²) < 4.78 is 11.6. The molecule has 0 radical (unpaired) electrons. The average molecular weight is 391 g/mol. The van der Waals surface area contributed by atoms with E-state index in [0.717, 1.165) is 32.1 Å². The van der Waals surface area contributed by atoms with Crippen molar-refractivity contribution in [2.24, 2.45) is 11.8 Å². The predicted octanol–water partition coefficient (Wildman–Crippen LogP) is 3.93. The van der Waals surface area contributed by atoms with Crippen LogP contribution in [0.3, 0.4) is 0 Å². The van der Waals surface area contributed by atoms with E-state index in [1.807, 2.05) is 0 Å². The summed E-state index contributed by atoms with van der Waals surface area (Å²) in [6, 6.07) is 0. The zero-order valence-corrected chi connectivity index (χ0v) is 18.2. The molecule has 5 nitrogen and oxygen atoms in total. The Kier molecular flexibility index (Phi) is 17.7. The van der Waals surface area contributed by atoms with Gasteiger partial charge in [-0.2, -0.15) is 0 Å². The summed E-state index contributed by atoms with van der Waals surface area (Å²) >= 11 is 0. The molecule has 0 fully saturated rings. The number of unbranched alkanes of at least 4 members (excludes halogenated alkanes) is 2. The van der Waals surface area contributed by atoms with Crippen molar-refractivity contribution in [1.29, 1.82) is 0 Å². The van der Waals surface area contributed by atoms with E-state index in [0.29, 0.717) is 18.4 Å². The molecule has 5 unspecified atom stereocenters. The normalized spacial score (nSPS) is 17.4. The topological polar surface area (TPSA) is 79.2 Å². The van der Waals surface area contributed by atoms with E-state index in [1.165, 1.54) is 25.7 Å². The Hall–Kier alpha value is -0.200. The van der Waals surface area contributed by atoms with E-state index in [2.05, 4.69) is 27.7 Å². The Labute approximate surface area is 167 Å². The maximum absolute atomic E-state index is 10.6. The molecule has 0 bridgehead atoms. The molecule has 0 aliphatic carbocycles. The molecular formula is C22H46O5. The van der Waals surface area contributed by atoms with Crippen LogP contribution in [0.5, 0.6) is 0 Å². The minimum absolute atomic E-state index is 0.0382. The van der Waals surface area contributed by atoms with Gasteiger partial charge in [0.25, 0.3) is 0 Å². The third kappa shape index (κ3) is 13.6. The highest BCUT2D eigenvalue weighted by Crippen LogP contribution is 2.22. The summed E-state index contributed by atoms with van der Waals surface area (Å²) in [4.78, 5) is 0. The fourth-order valence-electron chi connectivity index (χ4n) is 3.29. The molecular weight excluding hydrogens is 344 g/mol. The number of ether oxygens (including phenoxy) is 2. The quantitative estimate of drug-likeness (QED) is 0.311. The van der Waals surface area contributed by atoms with Crippen molar-refractivity contribution in [3.05, 3.63) is 0 Å². The van der Waals surface area contributed by atoms with Crippen LogP contribution in [0.25, 0.3) is 0 Å². The maximum atomic E-state index is 10.6. The first-order valence-corrected chi connectivity index (χ1v) is 11.2. The number of hydrogen-bond donors (Lipinski definition) is 3. The highest BCUT2D eigenvalue weighted by molar-refractivity contribution is 4.74. The molecule has 0 aromatic carbocycles. The Balaban J connectivity index is 4.57. The van der Waals surface area contributed by atoms with Crippen LogP contribution in [0.1, 0.15) is 85.5 Å². The standard InChI is InChI=1S/C22H46O5/c1-5-9-11-18(7-3)13-22(27-16-20(24)14-23)21(25)17-26-15-19(8-4)12-10-6-2/h18-25H,5-17H2,1-4H3. The van der Waals surface area contributed by atoms with E-state index >= 15 is 0 Å². The van der Waals surface area contributed by atoms with Gasteiger partial charge >= 0.3 is 0 Å². The van der Waals surface area contributed by atoms with E-state index in [1.54, 1.807) is 0 Å². The van der Waals surface area contributed by atoms with E-state index in [-0.39, 0.29) is 25.9 Å². The van der Waals surface area contributed by atoms with Crippen LogP contribution in [-0.2, 0) is 9.47 Å². The van der Waals surface area contributed by atoms with Crippen molar-refractivity contribution in [3.8, 4) is 0 Å². The summed E-state index contributed by atoms with van der Waals surface area (Å²) in [5.41, 5.74) is 0. The van der Waals surface area contributed by atoms with Crippen LogP contribution in [0, 0.1) is 11.8 Å². The smallest absolute Gasteiger partial charge is 0.103 e. The number of aliphatic hydroxyl groups excluding tert-OH is 3. The first-order chi connectivity index (χ1) is 13.0. The number of aliphatic hydroxyl groups is 3. The minimum atomic E-state index is -0.908. The molecule has 0 rings (SSSR count). The summed E-state index contributed by atoms with van der Waals surface area (Å²) in [5, 5.41) is 29.2. The molecule has 0 saturated heterocycles. The Morgan fingerprint density at radius 2 is 1.37 bits per heavy atom. The van der Waals surface area contributed by atoms with Crippen molar-refractivity contribution < 1.29 is 24.8 Å². The molecule has 0 spiro atoms. The maximum Gasteiger partial charge on any atom is 0.103 e. The number of rotatable bonds is 19. The molecule has 0 amide bonds. The highest BCUT2D eigenvalue weighted by Gasteiger charge is 2.25. The monoisotopic (exact) mass is 390 g/mol. The largest absolute Gasteiger partial charge is 0.394 e. The summed E-state index contributed by atoms with van der Waals surface area (Å²) in [5.74, 6) is 1.03. The zero-order chi connectivity index (χ0) is 20.5. The summed E-state index contributed by atoms with van der Waals surface area (Å²) in [6.07, 6.45) is 7.93. The Morgan fingerprint density at radius 3 is 1.89 bits per heavy atom. The third-order valence-electron chi connectivity index (χ3n) is 5.44. The van der Waals surface area contributed by atoms with Gasteiger partial charge in [0.15, 0.2) is 0 Å². The van der Waals surface area contributed by atoms with Crippen molar-refractivity contribution in [2.75, 3.05) is 26.4 Å². The second-order valence-corrected chi connectivity index (χ2v) is 7.88. The molecule has 164 valence electrons. The van der Waals surface area contributed by atoms with Gasteiger partial charge in [-0.15, -0.1) is 0 Å². The van der Waals surface area contributed by atoms with Gasteiger partial charge in [-0.05, 0) is 24.7 Å². The zero-order valence-electron chi connectivity index (χ0n) is 18.2. The molecule has 27 heavy (non-hydrogen) atoms. The molecule has 0 aromatic rings. The molecule has 0 aliphatic rings. The molecule has 0 aliphatic heterocycles. The first kappa shape index (κ1) is 26.8. The lowest BCUT2D eigenvalue weighted by Gasteiger charge is -2.28. The predicted molar refractivity (Wildman–Crippen MR) is 111 cm³/mol. The van der Waals surface area contributed by atoms with Gasteiger partial charge < -0.3 is 24.8 Å². The van der Waals surface area contributed by atoms with Gasteiger partial charge in [-0.3, -0.25) is 0 Å². The second kappa shape index (κ2) is 17.9. The van der Waals surface area contributed by atoms with Crippen LogP contribution >= 0.6 is 0 Å². The van der Waals surface area contributed by atoms with Gasteiger partial charge in [-0.1, -0.05) is 72.6 Å². The van der Waals surface area contributed by atoms with Crippen LogP contribution in [0.4, 0.5) is 0 Å². The van der Waals surface area contributed by atoms with Gasteiger partial charge in [0.1, 0.15) is 12.2 Å². The van der Waals surface area contributed by atoms with E-state index in [4.69, 9.17) is 14.6 Å². The lowest BCUT2D eigenvalue weighted by molar-refractivity contribution is -0.106. The SMILES string of the molecule is CCCCC(CC)COCC(O)C(CC(CC)CCCC)OCC(O)CO. The van der Waals surface area contributed by atoms with Gasteiger partial charge in [0.05, 0.1) is 25.9 Å². The Morgan fingerprint density at radius 1 is 0.778 bits per heavy atom. The van der Waals surface area contributed by atoms with Crippen LogP contribution < -0.4 is 0 Å². The van der Waals surface area contributed by atoms with Crippen LogP contribution in [-0.4, -0.2) is 60.1 Å².